The molecule has 0 spiro atoms. The number of nitrogens with two attached hydrogens (primary N) is 1. The minimum Gasteiger partial charge on any atom is -0.495 e. The minimum absolute atomic E-state index is 0.0188. The van der Waals surface area contributed by atoms with Crippen LogP contribution in [0.1, 0.15) is 6.42 Å². The molecule has 0 fully saturated rings. The van der Waals surface area contributed by atoms with Crippen LogP contribution >= 0.6 is 0 Å². The van der Waals surface area contributed by atoms with Gasteiger partial charge in [0.05, 0.1) is 24.9 Å². The highest BCUT2D eigenvalue weighted by atomic mass is 19.4. The molecule has 0 amide bonds. The van der Waals surface area contributed by atoms with Crippen LogP contribution < -0.4 is 15.4 Å². The van der Waals surface area contributed by atoms with Gasteiger partial charge >= 0.3 is 6.18 Å². The summed E-state index contributed by atoms with van der Waals surface area (Å²) in [6.07, 6.45) is -5.29. The van der Waals surface area contributed by atoms with E-state index in [1.165, 1.54) is 25.1 Å². The molecule has 0 radical (unpaired) electrons. The number of hydrogen-bond donors (Lipinski definition) is 1. The van der Waals surface area contributed by atoms with E-state index in [4.69, 9.17) is 10.5 Å². The SMILES string of the molecule is COc1cc(N(C)CCC(F)(F)F)c(F)cc1N. The maximum Gasteiger partial charge on any atom is 0.390 e. The average Bonchev–Trinajstić information content (AvgIpc) is 2.25. The van der Waals surface area contributed by atoms with E-state index in [2.05, 4.69) is 0 Å². The van der Waals surface area contributed by atoms with Crippen molar-refractivity contribution in [1.29, 1.82) is 0 Å². The number of methoxy groups -OCH3 is 1. The highest BCUT2D eigenvalue weighted by molar-refractivity contribution is 5.63. The zero-order valence-corrected chi connectivity index (χ0v) is 10.0. The van der Waals surface area contributed by atoms with Crippen molar-refractivity contribution in [2.24, 2.45) is 0 Å². The first kappa shape index (κ1) is 14.4. The van der Waals surface area contributed by atoms with E-state index >= 15 is 0 Å². The summed E-state index contributed by atoms with van der Waals surface area (Å²) in [6, 6.07) is 2.30. The van der Waals surface area contributed by atoms with E-state index in [1.54, 1.807) is 0 Å². The maximum absolute atomic E-state index is 13.6. The number of alkyl halides is 3. The van der Waals surface area contributed by atoms with Crippen molar-refractivity contribution in [3.8, 4) is 5.75 Å². The van der Waals surface area contributed by atoms with E-state index in [9.17, 15) is 17.6 Å². The fourth-order valence-electron chi connectivity index (χ4n) is 1.44. The van der Waals surface area contributed by atoms with E-state index in [1.807, 2.05) is 0 Å². The predicted octanol–water partition coefficient (Wildman–Crippen LogP) is 2.81. The summed E-state index contributed by atoms with van der Waals surface area (Å²) in [5.41, 5.74) is 5.60. The smallest absolute Gasteiger partial charge is 0.390 e. The van der Waals surface area contributed by atoms with Gasteiger partial charge in [-0.2, -0.15) is 13.2 Å². The number of nitrogens with zero attached hydrogens (tertiary/aromatic N) is 1. The van der Waals surface area contributed by atoms with Crippen molar-refractivity contribution in [3.05, 3.63) is 17.9 Å². The second kappa shape index (κ2) is 5.32. The maximum atomic E-state index is 13.6. The van der Waals surface area contributed by atoms with Crippen LogP contribution in [0, 0.1) is 5.82 Å². The second-order valence-corrected chi connectivity index (χ2v) is 3.83. The number of halogens is 4. The molecule has 3 nitrogen and oxygen atoms in total. The fourth-order valence-corrected chi connectivity index (χ4v) is 1.44. The Balaban J connectivity index is 2.88. The number of benzene rings is 1. The van der Waals surface area contributed by atoms with Crippen LogP contribution in [0.25, 0.3) is 0 Å². The Hall–Kier alpha value is -1.66. The van der Waals surface area contributed by atoms with Gasteiger partial charge in [0.25, 0.3) is 0 Å². The van der Waals surface area contributed by atoms with Crippen LogP contribution in [0.15, 0.2) is 12.1 Å². The standard InChI is InChI=1S/C11H14F4N2O/c1-17(4-3-11(13,14)15)9-6-10(18-2)8(16)5-7(9)12/h5-6H,3-4,16H2,1-2H3. The largest absolute Gasteiger partial charge is 0.495 e. The van der Waals surface area contributed by atoms with Crippen molar-refractivity contribution < 1.29 is 22.3 Å². The van der Waals surface area contributed by atoms with Gasteiger partial charge in [0.2, 0.25) is 0 Å². The molecule has 0 atom stereocenters. The van der Waals surface area contributed by atoms with Gasteiger partial charge in [-0.15, -0.1) is 0 Å². The summed E-state index contributed by atoms with van der Waals surface area (Å²) in [4.78, 5) is 1.17. The predicted molar refractivity (Wildman–Crippen MR) is 61.3 cm³/mol. The lowest BCUT2D eigenvalue weighted by molar-refractivity contribution is -0.132. The molecule has 1 rings (SSSR count). The van der Waals surface area contributed by atoms with Gasteiger partial charge in [-0.3, -0.25) is 0 Å². The van der Waals surface area contributed by atoms with Gasteiger partial charge in [-0.25, -0.2) is 4.39 Å². The first-order valence-electron chi connectivity index (χ1n) is 5.15. The van der Waals surface area contributed by atoms with Gasteiger partial charge in [-0.05, 0) is 0 Å². The molecule has 0 aliphatic rings. The topological polar surface area (TPSA) is 38.5 Å². The molecular formula is C11H14F4N2O. The molecule has 102 valence electrons. The minimum atomic E-state index is -4.28. The van der Waals surface area contributed by atoms with Crippen LogP contribution in [0.3, 0.4) is 0 Å². The number of nitrogen functional groups attached to an aromatic ring is 1. The zero-order valence-electron chi connectivity index (χ0n) is 10.0. The lowest BCUT2D eigenvalue weighted by atomic mass is 10.2. The molecule has 7 heteroatoms. The number of anilines is 2. The molecule has 0 heterocycles. The van der Waals surface area contributed by atoms with Gasteiger partial charge in [0.15, 0.2) is 0 Å². The molecule has 0 aliphatic carbocycles. The first-order chi connectivity index (χ1) is 8.24. The lowest BCUT2D eigenvalue weighted by Gasteiger charge is -2.21. The average molecular weight is 266 g/mol. The van der Waals surface area contributed by atoms with Gasteiger partial charge < -0.3 is 15.4 Å². The van der Waals surface area contributed by atoms with Crippen LogP contribution in [0.4, 0.5) is 28.9 Å². The Labute approximate surface area is 102 Å². The Morgan fingerprint density at radius 1 is 1.33 bits per heavy atom. The van der Waals surface area contributed by atoms with E-state index in [-0.39, 0.29) is 23.7 Å². The lowest BCUT2D eigenvalue weighted by Crippen LogP contribution is -2.24. The first-order valence-corrected chi connectivity index (χ1v) is 5.15. The normalized spacial score (nSPS) is 11.4. The van der Waals surface area contributed by atoms with Crippen molar-refractivity contribution in [2.75, 3.05) is 31.3 Å². The summed E-state index contributed by atoms with van der Waals surface area (Å²) in [7, 11) is 2.73. The Bertz CT molecular complexity index is 420. The number of rotatable bonds is 4. The molecule has 2 N–H and O–H groups in total. The zero-order chi connectivity index (χ0) is 13.9. The molecule has 1 aromatic rings. The van der Waals surface area contributed by atoms with E-state index in [0.29, 0.717) is 0 Å². The van der Waals surface area contributed by atoms with Crippen molar-refractivity contribution in [3.63, 3.8) is 0 Å². The van der Waals surface area contributed by atoms with Gasteiger partial charge in [0, 0.05) is 25.7 Å². The van der Waals surface area contributed by atoms with Crippen LogP contribution in [0.2, 0.25) is 0 Å². The summed E-state index contributed by atoms with van der Waals surface area (Å²) < 4.78 is 54.7. The summed E-state index contributed by atoms with van der Waals surface area (Å²) in [5, 5.41) is 0. The molecule has 0 bridgehead atoms. The fraction of sp³-hybridized carbons (Fsp3) is 0.455. The third-order valence-electron chi connectivity index (χ3n) is 2.44. The number of hydrogen-bond acceptors (Lipinski definition) is 3. The molecule has 0 aliphatic heterocycles. The third-order valence-corrected chi connectivity index (χ3v) is 2.44. The Kier molecular flexibility index (Phi) is 4.26. The van der Waals surface area contributed by atoms with Crippen molar-refractivity contribution in [1.82, 2.24) is 0 Å². The third kappa shape index (κ3) is 3.68. The quantitative estimate of drug-likeness (QED) is 0.672. The van der Waals surface area contributed by atoms with Gasteiger partial charge in [0.1, 0.15) is 11.6 Å². The summed E-state index contributed by atoms with van der Waals surface area (Å²) >= 11 is 0. The summed E-state index contributed by atoms with van der Waals surface area (Å²) in [6.45, 7) is -0.340. The molecular weight excluding hydrogens is 252 g/mol. The highest BCUT2D eigenvalue weighted by Crippen LogP contribution is 2.31. The number of ether oxygens (including phenoxy) is 1. The monoisotopic (exact) mass is 266 g/mol. The Morgan fingerprint density at radius 3 is 2.44 bits per heavy atom. The molecule has 0 unspecified atom stereocenters. The molecule has 18 heavy (non-hydrogen) atoms. The molecule has 0 aromatic heterocycles. The molecule has 1 aromatic carbocycles. The van der Waals surface area contributed by atoms with E-state index in [0.717, 1.165) is 6.07 Å². The van der Waals surface area contributed by atoms with Crippen LogP contribution in [0.5, 0.6) is 5.75 Å². The molecule has 0 saturated carbocycles. The van der Waals surface area contributed by atoms with E-state index < -0.39 is 18.4 Å². The van der Waals surface area contributed by atoms with Crippen LogP contribution in [-0.4, -0.2) is 26.9 Å². The molecule has 0 saturated heterocycles. The van der Waals surface area contributed by atoms with Crippen LogP contribution in [-0.2, 0) is 0 Å². The highest BCUT2D eigenvalue weighted by Gasteiger charge is 2.27. The van der Waals surface area contributed by atoms with Crippen molar-refractivity contribution >= 4 is 11.4 Å². The van der Waals surface area contributed by atoms with Crippen molar-refractivity contribution in [2.45, 2.75) is 12.6 Å². The second-order valence-electron chi connectivity index (χ2n) is 3.83. The summed E-state index contributed by atoms with van der Waals surface area (Å²) in [5.74, 6) is -0.455. The van der Waals surface area contributed by atoms with Gasteiger partial charge in [-0.1, -0.05) is 0 Å². The Morgan fingerprint density at radius 2 is 1.94 bits per heavy atom.